The van der Waals surface area contributed by atoms with Gasteiger partial charge in [0.1, 0.15) is 16.7 Å². The molecule has 0 unspecified atom stereocenters. The zero-order valence-electron chi connectivity index (χ0n) is 29.8. The number of hydrogen-bond donors (Lipinski definition) is 0. The Labute approximate surface area is 317 Å². The summed E-state index contributed by atoms with van der Waals surface area (Å²) < 4.78 is 13.1. The Morgan fingerprint density at radius 1 is 0.309 bits per heavy atom. The molecule has 0 fully saturated rings. The van der Waals surface area contributed by atoms with E-state index in [2.05, 4.69) is 193 Å². The average Bonchev–Trinajstić information content (AvgIpc) is 3.82. The van der Waals surface area contributed by atoms with Crippen molar-refractivity contribution >= 4 is 71.7 Å². The maximum Gasteiger partial charge on any atom is 0.159 e. The summed E-state index contributed by atoms with van der Waals surface area (Å²) >= 11 is 0. The second-order valence-electron chi connectivity index (χ2n) is 14.1. The molecule has 0 saturated heterocycles. The van der Waals surface area contributed by atoms with E-state index in [-0.39, 0.29) is 0 Å². The van der Waals surface area contributed by atoms with Crippen molar-refractivity contribution in [2.45, 2.75) is 0 Å². The SMILES string of the molecule is c1ccc(-c2cccc(-c3ccc(N(c4ccccc4-c4ccc5oc6cc7ccccc7cc6c5c4)c4cccc5c4oc4ccccc45)cc3)c2)cc1. The van der Waals surface area contributed by atoms with Crippen LogP contribution in [0.3, 0.4) is 0 Å². The fourth-order valence-electron chi connectivity index (χ4n) is 8.17. The first-order valence-corrected chi connectivity index (χ1v) is 18.7. The Morgan fingerprint density at radius 2 is 0.909 bits per heavy atom. The summed E-state index contributed by atoms with van der Waals surface area (Å²) in [4.78, 5) is 2.34. The summed E-state index contributed by atoms with van der Waals surface area (Å²) in [5, 5.41) is 6.77. The van der Waals surface area contributed by atoms with Crippen LogP contribution in [-0.4, -0.2) is 0 Å². The van der Waals surface area contributed by atoms with Gasteiger partial charge in [-0.15, -0.1) is 0 Å². The van der Waals surface area contributed by atoms with Crippen LogP contribution in [0.1, 0.15) is 0 Å². The molecule has 0 amide bonds. The van der Waals surface area contributed by atoms with Gasteiger partial charge >= 0.3 is 0 Å². The third-order valence-corrected chi connectivity index (χ3v) is 10.8. The molecule has 11 aromatic rings. The molecule has 0 aliphatic heterocycles. The van der Waals surface area contributed by atoms with Gasteiger partial charge in [-0.3, -0.25) is 0 Å². The highest BCUT2D eigenvalue weighted by molar-refractivity contribution is 6.13. The van der Waals surface area contributed by atoms with Crippen LogP contribution < -0.4 is 4.90 Å². The Balaban J connectivity index is 1.09. The smallest absolute Gasteiger partial charge is 0.159 e. The van der Waals surface area contributed by atoms with Crippen molar-refractivity contribution in [2.24, 2.45) is 0 Å². The molecule has 0 bridgehead atoms. The van der Waals surface area contributed by atoms with Crippen LogP contribution in [0.4, 0.5) is 17.1 Å². The maximum absolute atomic E-state index is 6.68. The third kappa shape index (κ3) is 5.28. The van der Waals surface area contributed by atoms with Gasteiger partial charge in [-0.2, -0.15) is 0 Å². The van der Waals surface area contributed by atoms with Gasteiger partial charge in [-0.25, -0.2) is 0 Å². The fourth-order valence-corrected chi connectivity index (χ4v) is 8.17. The molecular formula is C52H33NO2. The standard InChI is InChI=1S/C52H33NO2/c1-2-12-34(13-3-1)36-16-10-17-37(30-36)35-24-27-41(28-25-35)53(48-22-11-20-44-43-19-7-9-23-49(43)55-52(44)48)47-21-8-6-18-42(47)40-26-29-50-45(32-40)46-31-38-14-4-5-15-39(38)33-51(46)54-50/h1-33H. The van der Waals surface area contributed by atoms with E-state index in [0.29, 0.717) is 0 Å². The molecule has 11 rings (SSSR count). The van der Waals surface area contributed by atoms with Gasteiger partial charge in [0.05, 0.1) is 11.4 Å². The minimum atomic E-state index is 0.848. The van der Waals surface area contributed by atoms with Crippen LogP contribution in [-0.2, 0) is 0 Å². The highest BCUT2D eigenvalue weighted by Crippen LogP contribution is 2.46. The molecule has 0 atom stereocenters. The highest BCUT2D eigenvalue weighted by Gasteiger charge is 2.22. The molecule has 3 nitrogen and oxygen atoms in total. The predicted octanol–water partition coefficient (Wildman–Crippen LogP) is 15.1. The second kappa shape index (κ2) is 12.6. The first-order chi connectivity index (χ1) is 27.2. The number of nitrogens with zero attached hydrogens (tertiary/aromatic N) is 1. The first kappa shape index (κ1) is 31.2. The summed E-state index contributed by atoms with van der Waals surface area (Å²) in [6.07, 6.45) is 0. The second-order valence-corrected chi connectivity index (χ2v) is 14.1. The number of fused-ring (bicyclic) bond motifs is 7. The van der Waals surface area contributed by atoms with Crippen LogP contribution >= 0.6 is 0 Å². The van der Waals surface area contributed by atoms with E-state index < -0.39 is 0 Å². The normalized spacial score (nSPS) is 11.6. The monoisotopic (exact) mass is 703 g/mol. The van der Waals surface area contributed by atoms with E-state index in [9.17, 15) is 0 Å². The van der Waals surface area contributed by atoms with Gasteiger partial charge in [-0.1, -0.05) is 140 Å². The number of benzene rings is 9. The van der Waals surface area contributed by atoms with Gasteiger partial charge < -0.3 is 13.7 Å². The Hall–Kier alpha value is -7.36. The topological polar surface area (TPSA) is 29.5 Å². The van der Waals surface area contributed by atoms with Gasteiger partial charge in [-0.05, 0) is 99.3 Å². The van der Waals surface area contributed by atoms with Crippen molar-refractivity contribution in [3.63, 3.8) is 0 Å². The summed E-state index contributed by atoms with van der Waals surface area (Å²) in [6.45, 7) is 0. The lowest BCUT2D eigenvalue weighted by Crippen LogP contribution is -2.11. The number of anilines is 3. The van der Waals surface area contributed by atoms with E-state index in [0.717, 1.165) is 77.6 Å². The van der Waals surface area contributed by atoms with Crippen LogP contribution in [0.5, 0.6) is 0 Å². The van der Waals surface area contributed by atoms with Crippen LogP contribution in [0.15, 0.2) is 209 Å². The first-order valence-electron chi connectivity index (χ1n) is 18.7. The van der Waals surface area contributed by atoms with Crippen molar-refractivity contribution in [1.29, 1.82) is 0 Å². The van der Waals surface area contributed by atoms with E-state index in [1.807, 2.05) is 12.1 Å². The molecule has 258 valence electrons. The summed E-state index contributed by atoms with van der Waals surface area (Å²) in [5.74, 6) is 0. The molecule has 0 spiro atoms. The lowest BCUT2D eigenvalue weighted by Gasteiger charge is -2.28. The summed E-state index contributed by atoms with van der Waals surface area (Å²) in [5.41, 5.74) is 13.5. The summed E-state index contributed by atoms with van der Waals surface area (Å²) in [7, 11) is 0. The zero-order valence-corrected chi connectivity index (χ0v) is 29.8. The third-order valence-electron chi connectivity index (χ3n) is 10.8. The quantitative estimate of drug-likeness (QED) is 0.173. The van der Waals surface area contributed by atoms with Crippen molar-refractivity contribution in [3.05, 3.63) is 200 Å². The largest absolute Gasteiger partial charge is 0.456 e. The number of hydrogen-bond acceptors (Lipinski definition) is 3. The maximum atomic E-state index is 6.68. The molecule has 55 heavy (non-hydrogen) atoms. The van der Waals surface area contributed by atoms with Crippen molar-refractivity contribution in [3.8, 4) is 33.4 Å². The lowest BCUT2D eigenvalue weighted by molar-refractivity contribution is 0.669. The molecule has 0 radical (unpaired) electrons. The predicted molar refractivity (Wildman–Crippen MR) is 229 cm³/mol. The Kier molecular flexibility index (Phi) is 7.17. The Bertz CT molecular complexity index is 3210. The van der Waals surface area contributed by atoms with Crippen LogP contribution in [0.25, 0.3) is 88.0 Å². The average molecular weight is 704 g/mol. The molecule has 0 aliphatic rings. The van der Waals surface area contributed by atoms with E-state index in [1.54, 1.807) is 0 Å². The molecule has 0 saturated carbocycles. The minimum absolute atomic E-state index is 0.848. The highest BCUT2D eigenvalue weighted by atomic mass is 16.3. The molecule has 0 aliphatic carbocycles. The van der Waals surface area contributed by atoms with E-state index in [4.69, 9.17) is 8.83 Å². The van der Waals surface area contributed by atoms with E-state index >= 15 is 0 Å². The van der Waals surface area contributed by atoms with Gasteiger partial charge in [0.15, 0.2) is 5.58 Å². The molecular weight excluding hydrogens is 671 g/mol. The number of rotatable bonds is 6. The molecule has 3 heteroatoms. The molecule has 9 aromatic carbocycles. The number of furan rings is 2. The Morgan fingerprint density at radius 3 is 1.76 bits per heavy atom. The zero-order chi connectivity index (χ0) is 36.3. The van der Waals surface area contributed by atoms with Crippen molar-refractivity contribution < 1.29 is 8.83 Å². The lowest BCUT2D eigenvalue weighted by atomic mass is 9.98. The van der Waals surface area contributed by atoms with Crippen molar-refractivity contribution in [2.75, 3.05) is 4.90 Å². The summed E-state index contributed by atoms with van der Waals surface area (Å²) in [6, 6.07) is 71.0. The van der Waals surface area contributed by atoms with Gasteiger partial charge in [0.2, 0.25) is 0 Å². The van der Waals surface area contributed by atoms with Crippen molar-refractivity contribution in [1.82, 2.24) is 0 Å². The van der Waals surface area contributed by atoms with Gasteiger partial charge in [0.25, 0.3) is 0 Å². The molecule has 0 N–H and O–H groups in total. The van der Waals surface area contributed by atoms with E-state index in [1.165, 1.54) is 27.5 Å². The fraction of sp³-hybridized carbons (Fsp3) is 0. The van der Waals surface area contributed by atoms with Crippen LogP contribution in [0, 0.1) is 0 Å². The van der Waals surface area contributed by atoms with Crippen LogP contribution in [0.2, 0.25) is 0 Å². The molecule has 2 aromatic heterocycles. The number of para-hydroxylation sites is 3. The molecule has 2 heterocycles. The minimum Gasteiger partial charge on any atom is -0.456 e. The van der Waals surface area contributed by atoms with Gasteiger partial charge in [0, 0.05) is 32.8 Å².